The molecular formula is C10H18S4. The summed E-state index contributed by atoms with van der Waals surface area (Å²) in [7, 11) is 3.36. The lowest BCUT2D eigenvalue weighted by atomic mass is 10.3. The van der Waals surface area contributed by atoms with Gasteiger partial charge in [0.05, 0.1) is 8.39 Å². The van der Waals surface area contributed by atoms with Crippen LogP contribution in [-0.4, -0.2) is 8.39 Å². The van der Waals surface area contributed by atoms with Crippen LogP contribution in [-0.2, 0) is 0 Å². The molecule has 0 rings (SSSR count). The van der Waals surface area contributed by atoms with Crippen LogP contribution >= 0.6 is 46.0 Å². The van der Waals surface area contributed by atoms with Crippen LogP contribution in [0.25, 0.3) is 0 Å². The van der Waals surface area contributed by atoms with E-state index >= 15 is 0 Å². The minimum absolute atomic E-state index is 1.06. The van der Waals surface area contributed by atoms with Crippen LogP contribution in [0.5, 0.6) is 0 Å². The first-order valence-electron chi connectivity index (χ1n) is 5.10. The van der Waals surface area contributed by atoms with Crippen molar-refractivity contribution in [2.24, 2.45) is 0 Å². The van der Waals surface area contributed by atoms with E-state index in [2.05, 4.69) is 13.8 Å². The zero-order valence-electron chi connectivity index (χ0n) is 8.88. The molecule has 0 unspecified atom stereocenters. The van der Waals surface area contributed by atoms with Crippen LogP contribution in [0.1, 0.15) is 52.4 Å². The van der Waals surface area contributed by atoms with Crippen molar-refractivity contribution in [2.75, 3.05) is 0 Å². The normalized spacial score (nSPS) is 10.1. The SMILES string of the molecule is CCCCC(=S)SSC(=S)CCCC. The van der Waals surface area contributed by atoms with Crippen LogP contribution in [0.3, 0.4) is 0 Å². The van der Waals surface area contributed by atoms with Gasteiger partial charge >= 0.3 is 0 Å². The molecule has 0 spiro atoms. The second kappa shape index (κ2) is 10.4. The van der Waals surface area contributed by atoms with Crippen LogP contribution < -0.4 is 0 Å². The fourth-order valence-electron chi connectivity index (χ4n) is 0.819. The molecule has 82 valence electrons. The van der Waals surface area contributed by atoms with Crippen molar-refractivity contribution in [2.45, 2.75) is 52.4 Å². The third-order valence-electron chi connectivity index (χ3n) is 1.70. The Hall–Kier alpha value is 0.880. The second-order valence-corrected chi connectivity index (χ2v) is 6.94. The number of hydrogen-bond acceptors (Lipinski definition) is 4. The maximum Gasteiger partial charge on any atom is 0.0590 e. The maximum absolute atomic E-state index is 5.23. The van der Waals surface area contributed by atoms with Gasteiger partial charge in [-0.05, 0) is 47.3 Å². The number of unbranched alkanes of at least 4 members (excludes halogenated alkanes) is 2. The summed E-state index contributed by atoms with van der Waals surface area (Å²) in [6.07, 6.45) is 6.94. The van der Waals surface area contributed by atoms with Gasteiger partial charge in [-0.2, -0.15) is 0 Å². The van der Waals surface area contributed by atoms with Crippen molar-refractivity contribution >= 4 is 54.4 Å². The molecule has 0 radical (unpaired) electrons. The molecule has 0 aliphatic rings. The first-order valence-corrected chi connectivity index (χ1v) is 8.07. The van der Waals surface area contributed by atoms with Crippen LogP contribution in [0.4, 0.5) is 0 Å². The first kappa shape index (κ1) is 14.9. The Morgan fingerprint density at radius 3 is 1.50 bits per heavy atom. The Morgan fingerprint density at radius 2 is 1.21 bits per heavy atom. The highest BCUT2D eigenvalue weighted by atomic mass is 33.1. The third-order valence-corrected chi connectivity index (χ3v) is 5.56. The number of thiocarbonyl (C=S) groups is 2. The Balaban J connectivity index is 3.41. The van der Waals surface area contributed by atoms with E-state index in [9.17, 15) is 0 Å². The lowest BCUT2D eigenvalue weighted by Gasteiger charge is -2.02. The van der Waals surface area contributed by atoms with E-state index in [1.54, 1.807) is 21.6 Å². The monoisotopic (exact) mass is 266 g/mol. The molecule has 0 aliphatic heterocycles. The van der Waals surface area contributed by atoms with Crippen LogP contribution in [0.15, 0.2) is 0 Å². The second-order valence-electron chi connectivity index (χ2n) is 3.12. The van der Waals surface area contributed by atoms with E-state index in [1.807, 2.05) is 0 Å². The highest BCUT2D eigenvalue weighted by Gasteiger charge is 2.02. The molecule has 4 heteroatoms. The molecular weight excluding hydrogens is 248 g/mol. The zero-order chi connectivity index (χ0) is 10.8. The van der Waals surface area contributed by atoms with Gasteiger partial charge in [0.15, 0.2) is 0 Å². The molecule has 0 saturated heterocycles. The molecule has 0 heterocycles. The summed E-state index contributed by atoms with van der Waals surface area (Å²) in [5.74, 6) is 0. The quantitative estimate of drug-likeness (QED) is 0.466. The van der Waals surface area contributed by atoms with Crippen molar-refractivity contribution < 1.29 is 0 Å². The van der Waals surface area contributed by atoms with Crippen LogP contribution in [0.2, 0.25) is 0 Å². The molecule has 0 saturated carbocycles. The van der Waals surface area contributed by atoms with Crippen molar-refractivity contribution in [1.82, 2.24) is 0 Å². The number of hydrogen-bond donors (Lipinski definition) is 0. The maximum atomic E-state index is 5.23. The predicted octanol–water partition coefficient (Wildman–Crippen LogP) is 5.40. The largest absolute Gasteiger partial charge is 0.0765 e. The Kier molecular flexibility index (Phi) is 11.1. The Labute approximate surface area is 106 Å². The summed E-state index contributed by atoms with van der Waals surface area (Å²) < 4.78 is 2.19. The summed E-state index contributed by atoms with van der Waals surface area (Å²) >= 11 is 10.5. The van der Waals surface area contributed by atoms with E-state index in [4.69, 9.17) is 24.4 Å². The van der Waals surface area contributed by atoms with Crippen molar-refractivity contribution in [1.29, 1.82) is 0 Å². The van der Waals surface area contributed by atoms with E-state index in [1.165, 1.54) is 25.7 Å². The molecule has 0 atom stereocenters. The van der Waals surface area contributed by atoms with Crippen LogP contribution in [0, 0.1) is 0 Å². The van der Waals surface area contributed by atoms with Gasteiger partial charge in [0.2, 0.25) is 0 Å². The zero-order valence-corrected chi connectivity index (χ0v) is 12.1. The smallest absolute Gasteiger partial charge is 0.0590 e. The van der Waals surface area contributed by atoms with Gasteiger partial charge in [-0.15, -0.1) is 0 Å². The summed E-state index contributed by atoms with van der Waals surface area (Å²) in [4.78, 5) is 0. The molecule has 0 N–H and O–H groups in total. The highest BCUT2D eigenvalue weighted by Crippen LogP contribution is 2.29. The Morgan fingerprint density at radius 1 is 0.857 bits per heavy atom. The minimum atomic E-state index is 1.06. The molecule has 0 aliphatic carbocycles. The Bertz CT molecular complexity index is 157. The molecule has 0 aromatic carbocycles. The highest BCUT2D eigenvalue weighted by molar-refractivity contribution is 8.89. The van der Waals surface area contributed by atoms with E-state index in [0.717, 1.165) is 21.2 Å². The van der Waals surface area contributed by atoms with Crippen molar-refractivity contribution in [3.63, 3.8) is 0 Å². The van der Waals surface area contributed by atoms with Crippen molar-refractivity contribution in [3.8, 4) is 0 Å². The van der Waals surface area contributed by atoms with Gasteiger partial charge in [0.25, 0.3) is 0 Å². The number of rotatable bonds is 6. The molecule has 0 aromatic rings. The molecule has 14 heavy (non-hydrogen) atoms. The standard InChI is InChI=1S/C10H18S4/c1-3-5-7-9(11)13-14-10(12)8-6-4-2/h3-8H2,1-2H3. The minimum Gasteiger partial charge on any atom is -0.0765 e. The molecule has 0 amide bonds. The average Bonchev–Trinajstić information content (AvgIpc) is 2.20. The van der Waals surface area contributed by atoms with Gasteiger partial charge < -0.3 is 0 Å². The molecule has 0 bridgehead atoms. The van der Waals surface area contributed by atoms with Crippen molar-refractivity contribution in [3.05, 3.63) is 0 Å². The predicted molar refractivity (Wildman–Crippen MR) is 79.4 cm³/mol. The lowest BCUT2D eigenvalue weighted by Crippen LogP contribution is -1.89. The summed E-state index contributed by atoms with van der Waals surface area (Å²) in [5.41, 5.74) is 0. The topological polar surface area (TPSA) is 0 Å². The molecule has 0 fully saturated rings. The summed E-state index contributed by atoms with van der Waals surface area (Å²) in [6, 6.07) is 0. The van der Waals surface area contributed by atoms with Gasteiger partial charge in [-0.25, -0.2) is 0 Å². The third kappa shape index (κ3) is 9.44. The first-order chi connectivity index (χ1) is 6.70. The van der Waals surface area contributed by atoms with Gasteiger partial charge in [-0.3, -0.25) is 0 Å². The average molecular weight is 267 g/mol. The van der Waals surface area contributed by atoms with Gasteiger partial charge in [0, 0.05) is 0 Å². The van der Waals surface area contributed by atoms with Gasteiger partial charge in [0.1, 0.15) is 0 Å². The van der Waals surface area contributed by atoms with E-state index < -0.39 is 0 Å². The fraction of sp³-hybridized carbons (Fsp3) is 0.800. The lowest BCUT2D eigenvalue weighted by molar-refractivity contribution is 0.845. The summed E-state index contributed by atoms with van der Waals surface area (Å²) in [6.45, 7) is 4.37. The summed E-state index contributed by atoms with van der Waals surface area (Å²) in [5, 5.41) is 0. The molecule has 0 nitrogen and oxygen atoms in total. The van der Waals surface area contributed by atoms with E-state index in [-0.39, 0.29) is 0 Å². The van der Waals surface area contributed by atoms with Gasteiger partial charge in [-0.1, -0.05) is 51.1 Å². The fourth-order valence-corrected chi connectivity index (χ4v) is 3.42. The molecule has 0 aromatic heterocycles. The van der Waals surface area contributed by atoms with E-state index in [0.29, 0.717) is 0 Å².